The van der Waals surface area contributed by atoms with Gasteiger partial charge in [0.25, 0.3) is 5.91 Å². The molecular formula is C23H27FN2O2. The molecule has 4 nitrogen and oxygen atoms in total. The van der Waals surface area contributed by atoms with E-state index in [1.165, 1.54) is 12.1 Å². The van der Waals surface area contributed by atoms with Crippen molar-refractivity contribution >= 4 is 17.5 Å². The Bertz CT molecular complexity index is 835. The summed E-state index contributed by atoms with van der Waals surface area (Å²) >= 11 is 0. The number of amides is 2. The number of rotatable bonds is 5. The first-order valence-electron chi connectivity index (χ1n) is 10.00. The zero-order chi connectivity index (χ0) is 20.1. The second kappa shape index (κ2) is 9.00. The van der Waals surface area contributed by atoms with Crippen LogP contribution in [0, 0.1) is 11.7 Å². The van der Waals surface area contributed by atoms with Gasteiger partial charge in [-0.25, -0.2) is 4.39 Å². The molecule has 1 saturated heterocycles. The zero-order valence-electron chi connectivity index (χ0n) is 16.5. The molecule has 2 amide bonds. The van der Waals surface area contributed by atoms with Crippen LogP contribution in [0.4, 0.5) is 10.1 Å². The largest absolute Gasteiger partial charge is 0.339 e. The molecule has 0 aliphatic carbocycles. The van der Waals surface area contributed by atoms with Crippen molar-refractivity contribution in [3.8, 4) is 0 Å². The highest BCUT2D eigenvalue weighted by Crippen LogP contribution is 2.26. The number of anilines is 1. The van der Waals surface area contributed by atoms with E-state index in [0.717, 1.165) is 29.7 Å². The zero-order valence-corrected chi connectivity index (χ0v) is 16.5. The van der Waals surface area contributed by atoms with Crippen molar-refractivity contribution in [3.63, 3.8) is 0 Å². The summed E-state index contributed by atoms with van der Waals surface area (Å²) in [6, 6.07) is 11.9. The van der Waals surface area contributed by atoms with E-state index >= 15 is 0 Å². The van der Waals surface area contributed by atoms with Crippen molar-refractivity contribution < 1.29 is 14.0 Å². The van der Waals surface area contributed by atoms with Gasteiger partial charge in [-0.1, -0.05) is 38.1 Å². The number of aryl methyl sites for hydroxylation is 2. The molecule has 0 unspecified atom stereocenters. The summed E-state index contributed by atoms with van der Waals surface area (Å²) in [4.78, 5) is 27.1. The number of hydrogen-bond acceptors (Lipinski definition) is 2. The number of para-hydroxylation sites is 1. The van der Waals surface area contributed by atoms with Gasteiger partial charge in [-0.2, -0.15) is 0 Å². The third-order valence-corrected chi connectivity index (χ3v) is 5.47. The Morgan fingerprint density at radius 1 is 1.04 bits per heavy atom. The fraction of sp³-hybridized carbons (Fsp3) is 0.391. The molecule has 1 aliphatic heterocycles. The Morgan fingerprint density at radius 3 is 2.21 bits per heavy atom. The number of hydrogen-bond donors (Lipinski definition) is 1. The lowest BCUT2D eigenvalue weighted by molar-refractivity contribution is -0.121. The highest BCUT2D eigenvalue weighted by atomic mass is 19.1. The average molecular weight is 382 g/mol. The molecule has 1 aliphatic rings. The Balaban J connectivity index is 1.62. The van der Waals surface area contributed by atoms with Crippen LogP contribution < -0.4 is 5.32 Å². The molecule has 1 N–H and O–H groups in total. The minimum absolute atomic E-state index is 0.0217. The molecule has 0 bridgehead atoms. The van der Waals surface area contributed by atoms with Crippen LogP contribution in [-0.2, 0) is 17.6 Å². The first-order chi connectivity index (χ1) is 13.5. The summed E-state index contributed by atoms with van der Waals surface area (Å²) in [5, 5.41) is 3.14. The van der Waals surface area contributed by atoms with E-state index in [1.54, 1.807) is 17.0 Å². The van der Waals surface area contributed by atoms with Gasteiger partial charge >= 0.3 is 0 Å². The molecule has 28 heavy (non-hydrogen) atoms. The van der Waals surface area contributed by atoms with Gasteiger partial charge in [0.2, 0.25) is 5.91 Å². The third-order valence-electron chi connectivity index (χ3n) is 5.47. The van der Waals surface area contributed by atoms with Crippen molar-refractivity contribution in [2.75, 3.05) is 18.4 Å². The Labute approximate surface area is 165 Å². The third kappa shape index (κ3) is 4.41. The number of nitrogens with zero attached hydrogens (tertiary/aromatic N) is 1. The summed E-state index contributed by atoms with van der Waals surface area (Å²) in [5.74, 6) is -0.691. The van der Waals surface area contributed by atoms with Gasteiger partial charge in [-0.15, -0.1) is 0 Å². The highest BCUT2D eigenvalue weighted by Gasteiger charge is 2.28. The topological polar surface area (TPSA) is 49.4 Å². The molecule has 0 aromatic heterocycles. The second-order valence-electron chi connectivity index (χ2n) is 7.22. The van der Waals surface area contributed by atoms with Crippen molar-refractivity contribution in [3.05, 3.63) is 65.0 Å². The number of halogens is 1. The van der Waals surface area contributed by atoms with E-state index in [1.807, 2.05) is 6.07 Å². The van der Waals surface area contributed by atoms with Gasteiger partial charge in [0, 0.05) is 30.3 Å². The van der Waals surface area contributed by atoms with E-state index in [9.17, 15) is 14.0 Å². The lowest BCUT2D eigenvalue weighted by Crippen LogP contribution is -2.41. The molecule has 0 saturated carbocycles. The normalized spacial score (nSPS) is 14.8. The SMILES string of the molecule is CCc1cccc(CC)c1NC(=O)C1CCN(C(=O)c2cccc(F)c2)CC1. The maximum absolute atomic E-state index is 13.4. The van der Waals surface area contributed by atoms with Crippen LogP contribution in [0.15, 0.2) is 42.5 Å². The number of carbonyl (C=O) groups excluding carboxylic acids is 2. The van der Waals surface area contributed by atoms with Crippen LogP contribution in [0.3, 0.4) is 0 Å². The predicted molar refractivity (Wildman–Crippen MR) is 109 cm³/mol. The Kier molecular flexibility index (Phi) is 6.45. The monoisotopic (exact) mass is 382 g/mol. The molecule has 3 rings (SSSR count). The molecular weight excluding hydrogens is 355 g/mol. The maximum Gasteiger partial charge on any atom is 0.253 e. The standard InChI is InChI=1S/C23H27FN2O2/c1-3-16-7-5-8-17(4-2)21(16)25-22(27)18-11-13-26(14-12-18)23(28)19-9-6-10-20(24)15-19/h5-10,15,18H,3-4,11-14H2,1-2H3,(H,25,27). The summed E-state index contributed by atoms with van der Waals surface area (Å²) in [7, 11) is 0. The number of piperidine rings is 1. The van der Waals surface area contributed by atoms with Crippen molar-refractivity contribution in [2.45, 2.75) is 39.5 Å². The molecule has 148 valence electrons. The quantitative estimate of drug-likeness (QED) is 0.831. The lowest BCUT2D eigenvalue weighted by atomic mass is 9.94. The van der Waals surface area contributed by atoms with Crippen LogP contribution >= 0.6 is 0 Å². The molecule has 2 aromatic carbocycles. The maximum atomic E-state index is 13.4. The molecule has 0 atom stereocenters. The van der Waals surface area contributed by atoms with Crippen molar-refractivity contribution in [2.24, 2.45) is 5.92 Å². The molecule has 5 heteroatoms. The van der Waals surface area contributed by atoms with Gasteiger partial charge in [0.05, 0.1) is 0 Å². The minimum atomic E-state index is -0.415. The molecule has 1 fully saturated rings. The van der Waals surface area contributed by atoms with E-state index in [4.69, 9.17) is 0 Å². The van der Waals surface area contributed by atoms with Gasteiger partial charge < -0.3 is 10.2 Å². The number of nitrogens with one attached hydrogen (secondary N) is 1. The Morgan fingerprint density at radius 2 is 1.64 bits per heavy atom. The summed E-state index contributed by atoms with van der Waals surface area (Å²) in [6.07, 6.45) is 2.96. The van der Waals surface area contributed by atoms with Crippen LogP contribution in [0.1, 0.15) is 48.2 Å². The number of carbonyl (C=O) groups is 2. The van der Waals surface area contributed by atoms with Gasteiger partial charge in [0.15, 0.2) is 0 Å². The fourth-order valence-corrected chi connectivity index (χ4v) is 3.78. The second-order valence-corrected chi connectivity index (χ2v) is 7.22. The van der Waals surface area contributed by atoms with Crippen LogP contribution in [0.25, 0.3) is 0 Å². The van der Waals surface area contributed by atoms with E-state index in [-0.39, 0.29) is 17.7 Å². The molecule has 0 radical (unpaired) electrons. The Hall–Kier alpha value is -2.69. The lowest BCUT2D eigenvalue weighted by Gasteiger charge is -2.31. The van der Waals surface area contributed by atoms with E-state index in [0.29, 0.717) is 31.5 Å². The smallest absolute Gasteiger partial charge is 0.253 e. The highest BCUT2D eigenvalue weighted by molar-refractivity contribution is 5.96. The van der Waals surface area contributed by atoms with Gasteiger partial charge in [-0.3, -0.25) is 9.59 Å². The van der Waals surface area contributed by atoms with Crippen molar-refractivity contribution in [1.82, 2.24) is 4.90 Å². The van der Waals surface area contributed by atoms with Gasteiger partial charge in [0.1, 0.15) is 5.82 Å². The first-order valence-corrected chi connectivity index (χ1v) is 10.00. The number of likely N-dealkylation sites (tertiary alicyclic amines) is 1. The number of benzene rings is 2. The van der Waals surface area contributed by atoms with E-state index in [2.05, 4.69) is 31.3 Å². The average Bonchev–Trinajstić information content (AvgIpc) is 2.73. The summed E-state index contributed by atoms with van der Waals surface area (Å²) in [5.41, 5.74) is 3.58. The summed E-state index contributed by atoms with van der Waals surface area (Å²) < 4.78 is 13.4. The fourth-order valence-electron chi connectivity index (χ4n) is 3.78. The van der Waals surface area contributed by atoms with Crippen LogP contribution in [-0.4, -0.2) is 29.8 Å². The van der Waals surface area contributed by atoms with Crippen LogP contribution in [0.5, 0.6) is 0 Å². The predicted octanol–water partition coefficient (Wildman–Crippen LogP) is 4.44. The van der Waals surface area contributed by atoms with Crippen molar-refractivity contribution in [1.29, 1.82) is 0 Å². The first kappa shape index (κ1) is 20.1. The molecule has 0 spiro atoms. The summed E-state index contributed by atoms with van der Waals surface area (Å²) in [6.45, 7) is 5.18. The van der Waals surface area contributed by atoms with Gasteiger partial charge in [-0.05, 0) is 55.0 Å². The molecule has 2 aromatic rings. The molecule has 1 heterocycles. The van der Waals surface area contributed by atoms with E-state index < -0.39 is 5.82 Å². The minimum Gasteiger partial charge on any atom is -0.339 e. The van der Waals surface area contributed by atoms with Crippen LogP contribution in [0.2, 0.25) is 0 Å².